The van der Waals surface area contributed by atoms with Crippen LogP contribution in [0.3, 0.4) is 0 Å². The topological polar surface area (TPSA) is 85.8 Å². The second kappa shape index (κ2) is 8.53. The molecule has 26 heavy (non-hydrogen) atoms. The van der Waals surface area contributed by atoms with Crippen LogP contribution in [-0.2, 0) is 4.79 Å². The lowest BCUT2D eigenvalue weighted by Gasteiger charge is -2.20. The average molecular weight is 377 g/mol. The van der Waals surface area contributed by atoms with Gasteiger partial charge < -0.3 is 11.2 Å². The summed E-state index contributed by atoms with van der Waals surface area (Å²) in [5.74, 6) is 6.86. The van der Waals surface area contributed by atoms with Crippen molar-refractivity contribution in [2.45, 2.75) is 61.8 Å². The van der Waals surface area contributed by atoms with Crippen molar-refractivity contribution in [1.29, 1.82) is 0 Å². The van der Waals surface area contributed by atoms with Gasteiger partial charge in [-0.1, -0.05) is 37.9 Å². The first-order valence-corrected chi connectivity index (χ1v) is 9.90. The molecule has 140 valence electrons. The first kappa shape index (κ1) is 18.7. The van der Waals surface area contributed by atoms with Crippen LogP contribution in [0.4, 0.5) is 10.1 Å². The molecule has 0 aliphatic heterocycles. The highest BCUT2D eigenvalue weighted by Gasteiger charge is 2.26. The fraction of sp³-hybridized carbons (Fsp3) is 0.500. The molecule has 1 fully saturated rings. The van der Waals surface area contributed by atoms with Gasteiger partial charge in [-0.2, -0.15) is 0 Å². The lowest BCUT2D eigenvalue weighted by molar-refractivity contribution is -0.115. The van der Waals surface area contributed by atoms with Crippen molar-refractivity contribution in [3.63, 3.8) is 0 Å². The normalized spacial score (nSPS) is 16.4. The van der Waals surface area contributed by atoms with Crippen molar-refractivity contribution >= 4 is 23.4 Å². The molecule has 3 rings (SSSR count). The Kier molecular flexibility index (Phi) is 6.13. The number of carbonyl (C=O) groups is 1. The van der Waals surface area contributed by atoms with Gasteiger partial charge in [0.1, 0.15) is 5.82 Å². The Hall–Kier alpha value is -2.09. The van der Waals surface area contributed by atoms with Crippen LogP contribution in [0.2, 0.25) is 0 Å². The number of nitrogen functional groups attached to an aromatic ring is 1. The fourth-order valence-corrected chi connectivity index (χ4v) is 4.10. The van der Waals surface area contributed by atoms with E-state index in [-0.39, 0.29) is 17.0 Å². The predicted octanol–water partition coefficient (Wildman–Crippen LogP) is 3.69. The van der Waals surface area contributed by atoms with Gasteiger partial charge in [-0.05, 0) is 43.5 Å². The number of hydrogen-bond acceptors (Lipinski definition) is 5. The van der Waals surface area contributed by atoms with E-state index in [0.717, 1.165) is 18.7 Å². The zero-order chi connectivity index (χ0) is 18.5. The van der Waals surface area contributed by atoms with Crippen molar-refractivity contribution < 1.29 is 9.18 Å². The molecule has 0 spiro atoms. The van der Waals surface area contributed by atoms with Crippen molar-refractivity contribution in [3.05, 3.63) is 35.9 Å². The Morgan fingerprint density at radius 3 is 2.65 bits per heavy atom. The monoisotopic (exact) mass is 377 g/mol. The summed E-state index contributed by atoms with van der Waals surface area (Å²) < 4.78 is 14.5. The number of benzene rings is 1. The maximum atomic E-state index is 13.0. The van der Waals surface area contributed by atoms with E-state index in [1.807, 2.05) is 6.92 Å². The van der Waals surface area contributed by atoms with Crippen molar-refractivity contribution in [1.82, 2.24) is 14.9 Å². The van der Waals surface area contributed by atoms with E-state index in [2.05, 4.69) is 15.5 Å². The number of aromatic nitrogens is 3. The summed E-state index contributed by atoms with van der Waals surface area (Å²) in [6, 6.07) is 5.71. The number of thioether (sulfide) groups is 1. The second-order valence-electron chi connectivity index (χ2n) is 6.56. The van der Waals surface area contributed by atoms with Crippen LogP contribution in [0.5, 0.6) is 0 Å². The summed E-state index contributed by atoms with van der Waals surface area (Å²) in [6.45, 7) is 1.93. The largest absolute Gasteiger partial charge is 0.336 e. The minimum atomic E-state index is -0.356. The number of nitrogens with one attached hydrogen (secondary N) is 1. The van der Waals surface area contributed by atoms with Crippen LogP contribution in [0.25, 0.3) is 0 Å². The Labute approximate surface area is 156 Å². The number of carbonyl (C=O) groups excluding carboxylic acids is 1. The minimum Gasteiger partial charge on any atom is -0.336 e. The SMILES string of the molecule is CCC(Sc1nnc(C2CCCCC2)n1N)C(=O)Nc1ccc(F)cc1. The molecule has 1 aromatic carbocycles. The molecule has 0 saturated heterocycles. The molecule has 1 amide bonds. The molecule has 2 aromatic rings. The smallest absolute Gasteiger partial charge is 0.237 e. The molecule has 0 bridgehead atoms. The summed E-state index contributed by atoms with van der Waals surface area (Å²) in [6.07, 6.45) is 6.43. The standard InChI is InChI=1S/C18H24FN5OS/c1-2-15(17(25)21-14-10-8-13(19)9-11-14)26-18-23-22-16(24(18)20)12-6-4-3-5-7-12/h8-12,15H,2-7,20H2,1H3,(H,21,25). The highest BCUT2D eigenvalue weighted by atomic mass is 32.2. The number of amides is 1. The molecule has 1 atom stereocenters. The maximum Gasteiger partial charge on any atom is 0.237 e. The summed E-state index contributed by atoms with van der Waals surface area (Å²) in [5.41, 5.74) is 0.563. The van der Waals surface area contributed by atoms with Crippen LogP contribution in [-0.4, -0.2) is 26.0 Å². The van der Waals surface area contributed by atoms with E-state index in [0.29, 0.717) is 23.2 Å². The fourth-order valence-electron chi connectivity index (χ4n) is 3.21. The summed E-state index contributed by atoms with van der Waals surface area (Å²) in [4.78, 5) is 12.5. The van der Waals surface area contributed by atoms with Gasteiger partial charge in [0.2, 0.25) is 11.1 Å². The molecule has 1 unspecified atom stereocenters. The van der Waals surface area contributed by atoms with E-state index in [9.17, 15) is 9.18 Å². The average Bonchev–Trinajstić information content (AvgIpc) is 3.02. The number of halogens is 1. The lowest BCUT2D eigenvalue weighted by Crippen LogP contribution is -2.26. The van der Waals surface area contributed by atoms with Crippen LogP contribution in [0, 0.1) is 5.82 Å². The van der Waals surface area contributed by atoms with Crippen LogP contribution in [0.1, 0.15) is 57.2 Å². The lowest BCUT2D eigenvalue weighted by atomic mass is 9.89. The van der Waals surface area contributed by atoms with E-state index in [1.165, 1.54) is 60.0 Å². The number of anilines is 1. The molecule has 1 aromatic heterocycles. The highest BCUT2D eigenvalue weighted by Crippen LogP contribution is 2.33. The third kappa shape index (κ3) is 4.35. The number of rotatable bonds is 6. The first-order valence-electron chi connectivity index (χ1n) is 9.02. The molecule has 3 N–H and O–H groups in total. The Morgan fingerprint density at radius 2 is 2.00 bits per heavy atom. The van der Waals surface area contributed by atoms with E-state index in [4.69, 9.17) is 5.84 Å². The van der Waals surface area contributed by atoms with E-state index < -0.39 is 0 Å². The van der Waals surface area contributed by atoms with E-state index >= 15 is 0 Å². The van der Waals surface area contributed by atoms with E-state index in [1.54, 1.807) is 0 Å². The van der Waals surface area contributed by atoms with Gasteiger partial charge in [-0.15, -0.1) is 10.2 Å². The molecule has 8 heteroatoms. The zero-order valence-electron chi connectivity index (χ0n) is 14.8. The van der Waals surface area contributed by atoms with Crippen LogP contribution in [0.15, 0.2) is 29.4 Å². The maximum absolute atomic E-state index is 13.0. The quantitative estimate of drug-likeness (QED) is 0.592. The zero-order valence-corrected chi connectivity index (χ0v) is 15.6. The molecular formula is C18H24FN5OS. The Balaban J connectivity index is 1.66. The number of hydrogen-bond donors (Lipinski definition) is 2. The third-order valence-corrected chi connectivity index (χ3v) is 6.00. The highest BCUT2D eigenvalue weighted by molar-refractivity contribution is 8.00. The molecule has 1 aliphatic carbocycles. The van der Waals surface area contributed by atoms with Crippen LogP contribution < -0.4 is 11.2 Å². The molecule has 1 saturated carbocycles. The van der Waals surface area contributed by atoms with Gasteiger partial charge in [0.25, 0.3) is 0 Å². The second-order valence-corrected chi connectivity index (χ2v) is 7.73. The Morgan fingerprint density at radius 1 is 1.31 bits per heavy atom. The summed E-state index contributed by atoms with van der Waals surface area (Å²) >= 11 is 1.31. The van der Waals surface area contributed by atoms with Crippen molar-refractivity contribution in [3.8, 4) is 0 Å². The van der Waals surface area contributed by atoms with Gasteiger partial charge in [0.05, 0.1) is 5.25 Å². The Bertz CT molecular complexity index is 743. The van der Waals surface area contributed by atoms with Gasteiger partial charge in [-0.25, -0.2) is 9.07 Å². The van der Waals surface area contributed by atoms with Gasteiger partial charge in [0.15, 0.2) is 5.82 Å². The van der Waals surface area contributed by atoms with Gasteiger partial charge in [-0.3, -0.25) is 4.79 Å². The summed E-state index contributed by atoms with van der Waals surface area (Å²) in [7, 11) is 0. The molecule has 1 aliphatic rings. The molecule has 1 heterocycles. The predicted molar refractivity (Wildman–Crippen MR) is 101 cm³/mol. The first-order chi connectivity index (χ1) is 12.6. The van der Waals surface area contributed by atoms with Gasteiger partial charge >= 0.3 is 0 Å². The summed E-state index contributed by atoms with van der Waals surface area (Å²) in [5, 5.41) is 11.5. The molecule has 0 radical (unpaired) electrons. The van der Waals surface area contributed by atoms with Crippen molar-refractivity contribution in [2.24, 2.45) is 0 Å². The third-order valence-electron chi connectivity index (χ3n) is 4.68. The van der Waals surface area contributed by atoms with Crippen LogP contribution >= 0.6 is 11.8 Å². The van der Waals surface area contributed by atoms with Crippen molar-refractivity contribution in [2.75, 3.05) is 11.2 Å². The molecular weight excluding hydrogens is 353 g/mol. The van der Waals surface area contributed by atoms with Gasteiger partial charge in [0, 0.05) is 11.6 Å². The number of nitrogens with two attached hydrogens (primary N) is 1. The number of nitrogens with zero attached hydrogens (tertiary/aromatic N) is 3. The minimum absolute atomic E-state index is 0.161. The molecule has 6 nitrogen and oxygen atoms in total.